The fraction of sp³-hybridized carbons (Fsp3) is 0.400. The first kappa shape index (κ1) is 24.3. The second kappa shape index (κ2) is 11.6. The number of hydrogen-bond acceptors (Lipinski definition) is 3. The highest BCUT2D eigenvalue weighted by molar-refractivity contribution is 5.96. The van der Waals surface area contributed by atoms with E-state index in [9.17, 15) is 9.59 Å². The van der Waals surface area contributed by atoms with Crippen molar-refractivity contribution in [3.05, 3.63) is 84.1 Å². The first-order valence-electron chi connectivity index (χ1n) is 13.3. The lowest BCUT2D eigenvalue weighted by Gasteiger charge is -2.38. The molecule has 1 saturated heterocycles. The third-order valence-corrected chi connectivity index (χ3v) is 7.54. The Morgan fingerprint density at radius 3 is 2.22 bits per heavy atom. The van der Waals surface area contributed by atoms with Gasteiger partial charge in [-0.2, -0.15) is 0 Å². The molecular formula is C30H36N4O2. The minimum atomic E-state index is -0.0970. The highest BCUT2D eigenvalue weighted by Crippen LogP contribution is 2.23. The predicted molar refractivity (Wildman–Crippen MR) is 142 cm³/mol. The molecule has 2 aromatic carbocycles. The average molecular weight is 485 g/mol. The van der Waals surface area contributed by atoms with E-state index in [2.05, 4.69) is 39.5 Å². The molecule has 6 nitrogen and oxygen atoms in total. The number of piperidine rings is 1. The molecule has 0 spiro atoms. The summed E-state index contributed by atoms with van der Waals surface area (Å²) >= 11 is 0. The van der Waals surface area contributed by atoms with Crippen molar-refractivity contribution in [2.24, 2.45) is 0 Å². The number of nitrogens with one attached hydrogen (secondary N) is 2. The second-order valence-electron chi connectivity index (χ2n) is 10.1. The summed E-state index contributed by atoms with van der Waals surface area (Å²) in [4.78, 5) is 34.3. The topological polar surface area (TPSA) is 68.4 Å². The quantitative estimate of drug-likeness (QED) is 0.480. The number of amides is 2. The molecule has 0 atom stereocenters. The number of carbonyl (C=O) groups excluding carboxylic acids is 2. The van der Waals surface area contributed by atoms with Crippen molar-refractivity contribution < 1.29 is 9.59 Å². The smallest absolute Gasteiger partial charge is 0.270 e. The molecule has 1 aliphatic carbocycles. The van der Waals surface area contributed by atoms with Crippen molar-refractivity contribution in [3.8, 4) is 11.3 Å². The lowest BCUT2D eigenvalue weighted by atomic mass is 10.0. The summed E-state index contributed by atoms with van der Waals surface area (Å²) < 4.78 is 0. The number of carbonyl (C=O) groups is 2. The molecule has 6 heteroatoms. The van der Waals surface area contributed by atoms with Crippen LogP contribution in [0.25, 0.3) is 11.3 Å². The highest BCUT2D eigenvalue weighted by Gasteiger charge is 2.31. The van der Waals surface area contributed by atoms with Crippen LogP contribution in [0.2, 0.25) is 0 Å². The average Bonchev–Trinajstić information content (AvgIpc) is 3.61. The van der Waals surface area contributed by atoms with Gasteiger partial charge in [-0.25, -0.2) is 0 Å². The molecule has 36 heavy (non-hydrogen) atoms. The third-order valence-electron chi connectivity index (χ3n) is 7.54. The van der Waals surface area contributed by atoms with E-state index >= 15 is 0 Å². The molecule has 3 aromatic rings. The molecule has 2 fully saturated rings. The largest absolute Gasteiger partial charge is 0.352 e. The molecule has 1 saturated carbocycles. The van der Waals surface area contributed by atoms with E-state index in [1.165, 1.54) is 5.56 Å². The second-order valence-corrected chi connectivity index (χ2v) is 10.1. The van der Waals surface area contributed by atoms with E-state index in [0.717, 1.165) is 69.4 Å². The molecule has 1 aliphatic heterocycles. The number of aromatic amines is 1. The van der Waals surface area contributed by atoms with Crippen molar-refractivity contribution in [1.82, 2.24) is 20.1 Å². The Balaban J connectivity index is 1.28. The fourth-order valence-corrected chi connectivity index (χ4v) is 5.56. The van der Waals surface area contributed by atoms with Gasteiger partial charge in [0, 0.05) is 37.4 Å². The molecule has 1 aromatic heterocycles. The summed E-state index contributed by atoms with van der Waals surface area (Å²) in [7, 11) is 0. The van der Waals surface area contributed by atoms with Gasteiger partial charge in [0.05, 0.1) is 0 Å². The van der Waals surface area contributed by atoms with Gasteiger partial charge < -0.3 is 15.2 Å². The lowest BCUT2D eigenvalue weighted by Crippen LogP contribution is -2.51. The summed E-state index contributed by atoms with van der Waals surface area (Å²) in [5.41, 5.74) is 3.79. The molecule has 0 radical (unpaired) electrons. The molecular weight excluding hydrogens is 448 g/mol. The lowest BCUT2D eigenvalue weighted by molar-refractivity contribution is -0.123. The number of nitrogens with zero attached hydrogens (tertiary/aromatic N) is 2. The van der Waals surface area contributed by atoms with Gasteiger partial charge in [0.25, 0.3) is 5.91 Å². The van der Waals surface area contributed by atoms with Gasteiger partial charge in [0.1, 0.15) is 12.2 Å². The van der Waals surface area contributed by atoms with Crippen LogP contribution in [0.1, 0.15) is 54.6 Å². The van der Waals surface area contributed by atoms with Crippen LogP contribution in [-0.4, -0.2) is 58.3 Å². The van der Waals surface area contributed by atoms with Crippen molar-refractivity contribution in [1.29, 1.82) is 0 Å². The van der Waals surface area contributed by atoms with Crippen molar-refractivity contribution in [2.45, 2.75) is 57.2 Å². The maximum atomic E-state index is 13.7. The Hall–Kier alpha value is -3.38. The van der Waals surface area contributed by atoms with Crippen LogP contribution >= 0.6 is 0 Å². The van der Waals surface area contributed by atoms with Crippen LogP contribution in [-0.2, 0) is 11.3 Å². The monoisotopic (exact) mass is 484 g/mol. The van der Waals surface area contributed by atoms with Gasteiger partial charge >= 0.3 is 0 Å². The van der Waals surface area contributed by atoms with Gasteiger partial charge in [-0.05, 0) is 48.9 Å². The molecule has 0 unspecified atom stereocenters. The minimum Gasteiger partial charge on any atom is -0.352 e. The Labute approximate surface area is 213 Å². The maximum absolute atomic E-state index is 13.7. The number of aromatic nitrogens is 1. The van der Waals surface area contributed by atoms with Crippen LogP contribution in [0.4, 0.5) is 0 Å². The normalized spacial score (nSPS) is 17.2. The van der Waals surface area contributed by atoms with Crippen LogP contribution in [0.3, 0.4) is 0 Å². The van der Waals surface area contributed by atoms with Crippen molar-refractivity contribution >= 4 is 11.8 Å². The van der Waals surface area contributed by atoms with E-state index in [1.54, 1.807) is 0 Å². The van der Waals surface area contributed by atoms with Crippen LogP contribution < -0.4 is 5.32 Å². The first-order valence-corrected chi connectivity index (χ1v) is 13.3. The van der Waals surface area contributed by atoms with Crippen molar-refractivity contribution in [3.63, 3.8) is 0 Å². The standard InChI is InChI=1S/C30H36N4O2/c35-29(31-25-13-7-8-14-25)22-34(26-17-19-33(20-18-26)21-23-9-3-1-4-10-23)30(36)28-16-15-27(32-28)24-11-5-2-6-12-24/h1-6,9-12,15-16,25-26,32H,7-8,13-14,17-22H2,(H,31,35). The maximum Gasteiger partial charge on any atom is 0.270 e. The number of H-pyrrole nitrogens is 1. The van der Waals surface area contributed by atoms with E-state index < -0.39 is 0 Å². The molecule has 0 bridgehead atoms. The Morgan fingerprint density at radius 1 is 0.861 bits per heavy atom. The zero-order valence-corrected chi connectivity index (χ0v) is 20.9. The van der Waals surface area contributed by atoms with Gasteiger partial charge in [0.2, 0.25) is 5.91 Å². The zero-order chi connectivity index (χ0) is 24.7. The van der Waals surface area contributed by atoms with Gasteiger partial charge in [0.15, 0.2) is 0 Å². The molecule has 2 N–H and O–H groups in total. The molecule has 2 aliphatic rings. The van der Waals surface area contributed by atoms with E-state index in [-0.39, 0.29) is 30.4 Å². The molecule has 2 amide bonds. The number of likely N-dealkylation sites (tertiary alicyclic amines) is 1. The number of benzene rings is 2. The van der Waals surface area contributed by atoms with Gasteiger partial charge in [-0.3, -0.25) is 14.5 Å². The SMILES string of the molecule is O=C(CN(C(=O)c1ccc(-c2ccccc2)[nH]1)C1CCN(Cc2ccccc2)CC1)NC1CCCC1. The summed E-state index contributed by atoms with van der Waals surface area (Å²) in [5, 5.41) is 3.17. The number of rotatable bonds is 8. The summed E-state index contributed by atoms with van der Waals surface area (Å²) in [6.45, 7) is 2.85. The zero-order valence-electron chi connectivity index (χ0n) is 20.9. The van der Waals surface area contributed by atoms with E-state index in [1.807, 2.05) is 53.4 Å². The Bertz CT molecular complexity index is 1130. The van der Waals surface area contributed by atoms with Crippen LogP contribution in [0.15, 0.2) is 72.8 Å². The highest BCUT2D eigenvalue weighted by atomic mass is 16.2. The summed E-state index contributed by atoms with van der Waals surface area (Å²) in [5.74, 6) is -0.142. The van der Waals surface area contributed by atoms with E-state index in [0.29, 0.717) is 5.69 Å². The predicted octanol–water partition coefficient (Wildman–Crippen LogP) is 4.85. The summed E-state index contributed by atoms with van der Waals surface area (Å²) in [6.07, 6.45) is 6.13. The Kier molecular flexibility index (Phi) is 7.82. The summed E-state index contributed by atoms with van der Waals surface area (Å²) in [6, 6.07) is 24.6. The van der Waals surface area contributed by atoms with Gasteiger partial charge in [-0.15, -0.1) is 0 Å². The van der Waals surface area contributed by atoms with E-state index in [4.69, 9.17) is 0 Å². The van der Waals surface area contributed by atoms with Gasteiger partial charge in [-0.1, -0.05) is 73.5 Å². The van der Waals surface area contributed by atoms with Crippen molar-refractivity contribution in [2.75, 3.05) is 19.6 Å². The Morgan fingerprint density at radius 2 is 1.53 bits per heavy atom. The molecule has 5 rings (SSSR count). The first-order chi connectivity index (χ1) is 17.7. The minimum absolute atomic E-state index is 0.0438. The number of hydrogen-bond donors (Lipinski definition) is 2. The fourth-order valence-electron chi connectivity index (χ4n) is 5.56. The molecule has 2 heterocycles. The third kappa shape index (κ3) is 6.05. The molecule has 188 valence electrons. The van der Waals surface area contributed by atoms with Crippen LogP contribution in [0.5, 0.6) is 0 Å². The van der Waals surface area contributed by atoms with Crippen LogP contribution in [0, 0.1) is 0 Å².